The van der Waals surface area contributed by atoms with Gasteiger partial charge in [0.05, 0.1) is 27.4 Å². The van der Waals surface area contributed by atoms with Crippen LogP contribution >= 0.6 is 11.6 Å². The Kier molecular flexibility index (Phi) is 3.41. The van der Waals surface area contributed by atoms with Crippen LogP contribution in [0.1, 0.15) is 21.5 Å². The van der Waals surface area contributed by atoms with Crippen LogP contribution in [0.5, 0.6) is 0 Å². The van der Waals surface area contributed by atoms with Crippen molar-refractivity contribution >= 4 is 29.2 Å². The lowest BCUT2D eigenvalue weighted by Gasteiger charge is -2.10. The van der Waals surface area contributed by atoms with Crippen molar-refractivity contribution in [3.05, 3.63) is 64.2 Å². The Morgan fingerprint density at radius 1 is 1.00 bits per heavy atom. The number of rotatable bonds is 1. The number of alkyl halides is 3. The number of esters is 1. The summed E-state index contributed by atoms with van der Waals surface area (Å²) in [4.78, 5) is 15.6. The van der Waals surface area contributed by atoms with Crippen LogP contribution < -0.4 is 0 Å². The summed E-state index contributed by atoms with van der Waals surface area (Å²) in [7, 11) is 0. The quantitative estimate of drug-likeness (QED) is 0.718. The second kappa shape index (κ2) is 5.14. The third-order valence-corrected chi connectivity index (χ3v) is 3.47. The zero-order valence-electron chi connectivity index (χ0n) is 10.8. The molecule has 0 aliphatic carbocycles. The predicted octanol–water partition coefficient (Wildman–Crippen LogP) is 4.61. The average Bonchev–Trinajstić information content (AvgIpc) is 2.77. The molecule has 0 aromatic heterocycles. The van der Waals surface area contributed by atoms with Gasteiger partial charge in [0.15, 0.2) is 0 Å². The van der Waals surface area contributed by atoms with E-state index in [0.29, 0.717) is 11.1 Å². The number of carbonyl (C=O) groups is 1. The Bertz CT molecular complexity index is 800. The van der Waals surface area contributed by atoms with Crippen LogP contribution in [0.25, 0.3) is 0 Å². The fourth-order valence-electron chi connectivity index (χ4n) is 2.06. The standard InChI is InChI=1S/C15H7ClF3NO2/c16-12-10(15(17,18)19)6-3-7-11(12)20-13-8-4-1-2-5-9(8)14(21)22-13/h1-7H. The van der Waals surface area contributed by atoms with Gasteiger partial charge in [-0.25, -0.2) is 9.79 Å². The Morgan fingerprint density at radius 2 is 1.68 bits per heavy atom. The monoisotopic (exact) mass is 325 g/mol. The van der Waals surface area contributed by atoms with Gasteiger partial charge in [-0.2, -0.15) is 13.2 Å². The van der Waals surface area contributed by atoms with Gasteiger partial charge in [-0.05, 0) is 24.3 Å². The minimum Gasteiger partial charge on any atom is -0.403 e. The topological polar surface area (TPSA) is 38.7 Å². The van der Waals surface area contributed by atoms with Crippen LogP contribution in [0.15, 0.2) is 47.5 Å². The second-order valence-electron chi connectivity index (χ2n) is 4.49. The third-order valence-electron chi connectivity index (χ3n) is 3.07. The molecule has 0 bridgehead atoms. The molecule has 1 aliphatic heterocycles. The summed E-state index contributed by atoms with van der Waals surface area (Å²) in [6.07, 6.45) is -4.59. The van der Waals surface area contributed by atoms with Crippen molar-refractivity contribution in [2.24, 2.45) is 4.99 Å². The van der Waals surface area contributed by atoms with E-state index >= 15 is 0 Å². The number of aliphatic imine (C=N–C) groups is 1. The minimum atomic E-state index is -4.59. The first kappa shape index (κ1) is 14.6. The van der Waals surface area contributed by atoms with Crippen LogP contribution in [-0.4, -0.2) is 11.9 Å². The molecule has 22 heavy (non-hydrogen) atoms. The normalized spacial score (nSPS) is 15.8. The highest BCUT2D eigenvalue weighted by Gasteiger charge is 2.34. The average molecular weight is 326 g/mol. The van der Waals surface area contributed by atoms with Gasteiger partial charge in [-0.1, -0.05) is 29.8 Å². The van der Waals surface area contributed by atoms with Gasteiger partial charge in [-0.15, -0.1) is 0 Å². The summed E-state index contributed by atoms with van der Waals surface area (Å²) in [5.74, 6) is -0.667. The first-order valence-corrected chi connectivity index (χ1v) is 6.51. The molecule has 3 nitrogen and oxygen atoms in total. The van der Waals surface area contributed by atoms with Crippen LogP contribution in [0.2, 0.25) is 5.02 Å². The third kappa shape index (κ3) is 2.46. The highest BCUT2D eigenvalue weighted by atomic mass is 35.5. The van der Waals surface area contributed by atoms with Crippen LogP contribution in [0, 0.1) is 0 Å². The van der Waals surface area contributed by atoms with E-state index in [1.54, 1.807) is 24.3 Å². The summed E-state index contributed by atoms with van der Waals surface area (Å²) >= 11 is 5.77. The van der Waals surface area contributed by atoms with E-state index in [0.717, 1.165) is 6.07 Å². The fraction of sp³-hybridized carbons (Fsp3) is 0.0667. The van der Waals surface area contributed by atoms with E-state index in [1.807, 2.05) is 0 Å². The summed E-state index contributed by atoms with van der Waals surface area (Å²) in [5, 5.41) is -0.539. The number of fused-ring (bicyclic) bond motifs is 1. The van der Waals surface area contributed by atoms with Gasteiger partial charge in [-0.3, -0.25) is 0 Å². The van der Waals surface area contributed by atoms with Crippen LogP contribution in [0.3, 0.4) is 0 Å². The molecule has 0 N–H and O–H groups in total. The molecule has 0 unspecified atom stereocenters. The number of halogens is 4. The van der Waals surface area contributed by atoms with Crippen molar-refractivity contribution in [1.29, 1.82) is 0 Å². The molecule has 0 saturated carbocycles. The number of hydrogen-bond acceptors (Lipinski definition) is 3. The largest absolute Gasteiger partial charge is 0.417 e. The number of hydrogen-bond donors (Lipinski definition) is 0. The summed E-state index contributed by atoms with van der Waals surface area (Å²) in [6, 6.07) is 9.84. The van der Waals surface area contributed by atoms with Gasteiger partial charge >= 0.3 is 12.1 Å². The van der Waals surface area contributed by atoms with Gasteiger partial charge in [0.1, 0.15) is 0 Å². The lowest BCUT2D eigenvalue weighted by Crippen LogP contribution is -2.06. The molecule has 0 spiro atoms. The van der Waals surface area contributed by atoms with E-state index in [1.165, 1.54) is 12.1 Å². The van der Waals surface area contributed by atoms with E-state index < -0.39 is 22.7 Å². The van der Waals surface area contributed by atoms with Crippen LogP contribution in [-0.2, 0) is 10.9 Å². The van der Waals surface area contributed by atoms with Crippen LogP contribution in [0.4, 0.5) is 18.9 Å². The van der Waals surface area contributed by atoms with Gasteiger partial charge in [0, 0.05) is 0 Å². The first-order valence-electron chi connectivity index (χ1n) is 6.14. The van der Waals surface area contributed by atoms with Crippen molar-refractivity contribution in [1.82, 2.24) is 0 Å². The zero-order valence-corrected chi connectivity index (χ0v) is 11.6. The minimum absolute atomic E-state index is 0.0678. The first-order chi connectivity index (χ1) is 10.4. The van der Waals surface area contributed by atoms with Crippen molar-refractivity contribution in [3.8, 4) is 0 Å². The van der Waals surface area contributed by atoms with Gasteiger partial charge in [0.2, 0.25) is 5.90 Å². The number of carbonyl (C=O) groups excluding carboxylic acids is 1. The van der Waals surface area contributed by atoms with Gasteiger partial charge in [0.25, 0.3) is 0 Å². The number of nitrogens with zero attached hydrogens (tertiary/aromatic N) is 1. The lowest BCUT2D eigenvalue weighted by atomic mass is 10.1. The molecule has 0 fully saturated rings. The predicted molar refractivity (Wildman–Crippen MR) is 74.5 cm³/mol. The number of benzene rings is 2. The zero-order chi connectivity index (χ0) is 15.9. The number of cyclic esters (lactones) is 1. The highest BCUT2D eigenvalue weighted by molar-refractivity contribution is 6.34. The van der Waals surface area contributed by atoms with E-state index in [2.05, 4.69) is 4.99 Å². The van der Waals surface area contributed by atoms with E-state index in [9.17, 15) is 18.0 Å². The highest BCUT2D eigenvalue weighted by Crippen LogP contribution is 2.39. The molecule has 7 heteroatoms. The molecule has 0 radical (unpaired) electrons. The Balaban J connectivity index is 2.10. The molecule has 2 aromatic rings. The SMILES string of the molecule is O=C1OC(=Nc2cccc(C(F)(F)F)c2Cl)c2ccccc21. The molecule has 0 amide bonds. The number of ether oxygens (including phenoxy) is 1. The molecule has 3 rings (SSSR count). The molecular weight excluding hydrogens is 319 g/mol. The molecule has 2 aromatic carbocycles. The Labute approximate surface area is 128 Å². The fourth-order valence-corrected chi connectivity index (χ4v) is 2.34. The maximum Gasteiger partial charge on any atom is 0.417 e. The Hall–Kier alpha value is -2.34. The van der Waals surface area contributed by atoms with Crippen molar-refractivity contribution in [3.63, 3.8) is 0 Å². The van der Waals surface area contributed by atoms with Gasteiger partial charge < -0.3 is 4.74 Å². The molecular formula is C15H7ClF3NO2. The smallest absolute Gasteiger partial charge is 0.403 e. The summed E-state index contributed by atoms with van der Waals surface area (Å²) in [5.41, 5.74) is -0.380. The van der Waals surface area contributed by atoms with Crippen molar-refractivity contribution < 1.29 is 22.7 Å². The maximum absolute atomic E-state index is 12.8. The molecule has 1 aliphatic rings. The van der Waals surface area contributed by atoms with E-state index in [4.69, 9.17) is 16.3 Å². The lowest BCUT2D eigenvalue weighted by molar-refractivity contribution is -0.137. The van der Waals surface area contributed by atoms with Crippen molar-refractivity contribution in [2.75, 3.05) is 0 Å². The van der Waals surface area contributed by atoms with Crippen molar-refractivity contribution in [2.45, 2.75) is 6.18 Å². The summed E-state index contributed by atoms with van der Waals surface area (Å²) in [6.45, 7) is 0. The van der Waals surface area contributed by atoms with E-state index in [-0.39, 0.29) is 11.6 Å². The molecule has 0 saturated heterocycles. The second-order valence-corrected chi connectivity index (χ2v) is 4.87. The molecule has 1 heterocycles. The molecule has 0 atom stereocenters. The molecule has 112 valence electrons. The summed E-state index contributed by atoms with van der Waals surface area (Å²) < 4.78 is 43.5. The Morgan fingerprint density at radius 3 is 2.36 bits per heavy atom. The maximum atomic E-state index is 12.8.